The number of amides is 1. The number of hydrogen-bond donors (Lipinski definition) is 2. The van der Waals surface area contributed by atoms with E-state index in [1.165, 1.54) is 0 Å². The van der Waals surface area contributed by atoms with Crippen LogP contribution in [0.3, 0.4) is 0 Å². The summed E-state index contributed by atoms with van der Waals surface area (Å²) in [5, 5.41) is 3.04. The Kier molecular flexibility index (Phi) is 4.93. The van der Waals surface area contributed by atoms with Crippen LogP contribution in [-0.2, 0) is 6.54 Å². The van der Waals surface area contributed by atoms with Crippen molar-refractivity contribution >= 4 is 16.9 Å². The molecular weight excluding hydrogens is 326 g/mol. The Bertz CT molecular complexity index is 843. The zero-order valence-corrected chi connectivity index (χ0v) is 14.7. The molecule has 3 heterocycles. The fraction of sp³-hybridized carbons (Fsp3) is 0.350. The molecule has 2 N–H and O–H groups in total. The van der Waals surface area contributed by atoms with Crippen LogP contribution >= 0.6 is 0 Å². The Labute approximate surface area is 152 Å². The normalized spacial score (nSPS) is 18.1. The van der Waals surface area contributed by atoms with Gasteiger partial charge in [-0.2, -0.15) is 0 Å². The van der Waals surface area contributed by atoms with Crippen molar-refractivity contribution in [3.05, 3.63) is 60.2 Å². The predicted octanol–water partition coefficient (Wildman–Crippen LogP) is 2.60. The number of benzene rings is 1. The SMILES string of the molecule is O=C(NCC1CCCN(Cc2ccccn2)C1)c1nc2ccccc2[nH]1. The summed E-state index contributed by atoms with van der Waals surface area (Å²) in [5.41, 5.74) is 2.80. The van der Waals surface area contributed by atoms with Gasteiger partial charge in [-0.15, -0.1) is 0 Å². The Hall–Kier alpha value is -2.73. The number of fused-ring (bicyclic) bond motifs is 1. The van der Waals surface area contributed by atoms with Crippen molar-refractivity contribution in [1.82, 2.24) is 25.2 Å². The van der Waals surface area contributed by atoms with Crippen LogP contribution in [0, 0.1) is 5.92 Å². The number of hydrogen-bond acceptors (Lipinski definition) is 4. The zero-order valence-electron chi connectivity index (χ0n) is 14.7. The number of carbonyl (C=O) groups excluding carboxylic acids is 1. The summed E-state index contributed by atoms with van der Waals surface area (Å²) in [5.74, 6) is 0.705. The molecule has 1 saturated heterocycles. The lowest BCUT2D eigenvalue weighted by molar-refractivity contribution is 0.0921. The van der Waals surface area contributed by atoms with Crippen molar-refractivity contribution in [1.29, 1.82) is 0 Å². The van der Waals surface area contributed by atoms with Gasteiger partial charge < -0.3 is 10.3 Å². The van der Waals surface area contributed by atoms with Gasteiger partial charge in [0.1, 0.15) is 0 Å². The minimum absolute atomic E-state index is 0.136. The second-order valence-electron chi connectivity index (χ2n) is 6.88. The smallest absolute Gasteiger partial charge is 0.287 e. The van der Waals surface area contributed by atoms with E-state index < -0.39 is 0 Å². The predicted molar refractivity (Wildman–Crippen MR) is 101 cm³/mol. The average molecular weight is 349 g/mol. The molecule has 0 bridgehead atoms. The van der Waals surface area contributed by atoms with Gasteiger partial charge in [-0.25, -0.2) is 4.98 Å². The van der Waals surface area contributed by atoms with Crippen molar-refractivity contribution in [2.45, 2.75) is 19.4 Å². The summed E-state index contributed by atoms with van der Waals surface area (Å²) < 4.78 is 0. The number of rotatable bonds is 5. The van der Waals surface area contributed by atoms with Gasteiger partial charge in [0.25, 0.3) is 5.91 Å². The molecule has 1 amide bonds. The van der Waals surface area contributed by atoms with Gasteiger partial charge in [-0.1, -0.05) is 18.2 Å². The first-order valence-electron chi connectivity index (χ1n) is 9.13. The standard InChI is InChI=1S/C20H23N5O/c26-20(19-23-17-8-1-2-9-18(17)24-19)22-12-15-6-5-11-25(13-15)14-16-7-3-4-10-21-16/h1-4,7-10,15H,5-6,11-14H2,(H,22,26)(H,23,24). The van der Waals surface area contributed by atoms with E-state index in [9.17, 15) is 4.79 Å². The zero-order chi connectivity index (χ0) is 17.8. The molecular formula is C20H23N5O. The van der Waals surface area contributed by atoms with Crippen molar-refractivity contribution in [2.24, 2.45) is 5.92 Å². The first kappa shape index (κ1) is 16.7. The fourth-order valence-electron chi connectivity index (χ4n) is 3.56. The van der Waals surface area contributed by atoms with Crippen molar-refractivity contribution in [3.8, 4) is 0 Å². The van der Waals surface area contributed by atoms with Crippen LogP contribution in [0.15, 0.2) is 48.7 Å². The van der Waals surface area contributed by atoms with E-state index in [4.69, 9.17) is 0 Å². The average Bonchev–Trinajstić information content (AvgIpc) is 3.12. The van der Waals surface area contributed by atoms with E-state index in [0.717, 1.165) is 49.2 Å². The number of carbonyl (C=O) groups is 1. The topological polar surface area (TPSA) is 73.9 Å². The number of H-pyrrole nitrogens is 1. The maximum absolute atomic E-state index is 12.4. The highest BCUT2D eigenvalue weighted by molar-refractivity contribution is 5.94. The van der Waals surface area contributed by atoms with Crippen molar-refractivity contribution in [2.75, 3.05) is 19.6 Å². The lowest BCUT2D eigenvalue weighted by Gasteiger charge is -2.32. The third-order valence-electron chi connectivity index (χ3n) is 4.87. The molecule has 0 spiro atoms. The van der Waals surface area contributed by atoms with E-state index in [-0.39, 0.29) is 5.91 Å². The van der Waals surface area contributed by atoms with E-state index in [1.54, 1.807) is 0 Å². The number of aromatic nitrogens is 3. The Balaban J connectivity index is 1.31. The van der Waals surface area contributed by atoms with Gasteiger partial charge in [0.15, 0.2) is 5.82 Å². The summed E-state index contributed by atoms with van der Waals surface area (Å²) in [4.78, 5) is 26.7. The summed E-state index contributed by atoms with van der Waals surface area (Å²) in [7, 11) is 0. The molecule has 1 fully saturated rings. The largest absolute Gasteiger partial charge is 0.349 e. The molecule has 1 unspecified atom stereocenters. The van der Waals surface area contributed by atoms with Gasteiger partial charge in [0, 0.05) is 25.8 Å². The van der Waals surface area contributed by atoms with Crippen molar-refractivity contribution < 1.29 is 4.79 Å². The van der Waals surface area contributed by atoms with Crippen LogP contribution in [0.1, 0.15) is 29.2 Å². The monoisotopic (exact) mass is 349 g/mol. The number of para-hydroxylation sites is 2. The van der Waals surface area contributed by atoms with Gasteiger partial charge in [-0.3, -0.25) is 14.7 Å². The maximum Gasteiger partial charge on any atom is 0.287 e. The van der Waals surface area contributed by atoms with E-state index in [2.05, 4.69) is 31.2 Å². The Morgan fingerprint density at radius 3 is 2.96 bits per heavy atom. The molecule has 4 rings (SSSR count). The van der Waals surface area contributed by atoms with Gasteiger partial charge >= 0.3 is 0 Å². The number of likely N-dealkylation sites (tertiary alicyclic amines) is 1. The second-order valence-corrected chi connectivity index (χ2v) is 6.88. The lowest BCUT2D eigenvalue weighted by Crippen LogP contribution is -2.40. The maximum atomic E-state index is 12.4. The van der Waals surface area contributed by atoms with E-state index in [0.29, 0.717) is 18.3 Å². The molecule has 6 nitrogen and oxygen atoms in total. The Morgan fingerprint density at radius 2 is 2.12 bits per heavy atom. The minimum atomic E-state index is -0.136. The van der Waals surface area contributed by atoms with Gasteiger partial charge in [-0.05, 0) is 49.6 Å². The summed E-state index contributed by atoms with van der Waals surface area (Å²) >= 11 is 0. The lowest BCUT2D eigenvalue weighted by atomic mass is 9.98. The van der Waals surface area contributed by atoms with E-state index >= 15 is 0 Å². The first-order chi connectivity index (χ1) is 12.8. The molecule has 3 aromatic rings. The number of nitrogens with one attached hydrogen (secondary N) is 2. The molecule has 134 valence electrons. The summed E-state index contributed by atoms with van der Waals surface area (Å²) in [6, 6.07) is 13.7. The van der Waals surface area contributed by atoms with E-state index in [1.807, 2.05) is 42.6 Å². The van der Waals surface area contributed by atoms with Crippen LogP contribution < -0.4 is 5.32 Å². The molecule has 1 aromatic carbocycles. The van der Waals surface area contributed by atoms with Crippen molar-refractivity contribution in [3.63, 3.8) is 0 Å². The van der Waals surface area contributed by atoms with Crippen LogP contribution in [-0.4, -0.2) is 45.4 Å². The van der Waals surface area contributed by atoms with Gasteiger partial charge in [0.05, 0.1) is 16.7 Å². The highest BCUT2D eigenvalue weighted by atomic mass is 16.2. The first-order valence-corrected chi connectivity index (χ1v) is 9.13. The molecule has 0 aliphatic carbocycles. The molecule has 2 aromatic heterocycles. The Morgan fingerprint density at radius 1 is 1.23 bits per heavy atom. The molecule has 26 heavy (non-hydrogen) atoms. The molecule has 1 atom stereocenters. The third-order valence-corrected chi connectivity index (χ3v) is 4.87. The summed E-state index contributed by atoms with van der Waals surface area (Å²) in [6.45, 7) is 3.62. The molecule has 6 heteroatoms. The van der Waals surface area contributed by atoms with Gasteiger partial charge in [0.2, 0.25) is 0 Å². The number of aromatic amines is 1. The molecule has 0 radical (unpaired) electrons. The highest BCUT2D eigenvalue weighted by Crippen LogP contribution is 2.18. The van der Waals surface area contributed by atoms with Crippen LogP contribution in [0.4, 0.5) is 0 Å². The fourth-order valence-corrected chi connectivity index (χ4v) is 3.56. The van der Waals surface area contributed by atoms with Crippen LogP contribution in [0.5, 0.6) is 0 Å². The molecule has 1 aliphatic rings. The number of pyridine rings is 1. The number of piperidine rings is 1. The summed E-state index contributed by atoms with van der Waals surface area (Å²) in [6.07, 6.45) is 4.13. The van der Waals surface area contributed by atoms with Crippen LogP contribution in [0.2, 0.25) is 0 Å². The molecule has 1 aliphatic heterocycles. The molecule has 0 saturated carbocycles. The quantitative estimate of drug-likeness (QED) is 0.742. The second kappa shape index (κ2) is 7.66. The third kappa shape index (κ3) is 3.91. The number of nitrogens with zero attached hydrogens (tertiary/aromatic N) is 3. The van der Waals surface area contributed by atoms with Crippen LogP contribution in [0.25, 0.3) is 11.0 Å². The minimum Gasteiger partial charge on any atom is -0.349 e. The number of imidazole rings is 1. The highest BCUT2D eigenvalue weighted by Gasteiger charge is 2.21.